The molecule has 0 aliphatic carbocycles. The standard InChI is InChI=1S/C20H23N5O5S2/c1-4-29-18(26)14-13(15(32-16(14)21)19(27)30-5-2)10-31-20-24-23-17(25(20)22)11-6-8-12(28-3)9-7-11/h6-9H,4-5,10,21-22H2,1-3H3. The number of hydrogen-bond acceptors (Lipinski definition) is 11. The third-order valence-electron chi connectivity index (χ3n) is 4.33. The molecule has 170 valence electrons. The van der Waals surface area contributed by atoms with Crippen molar-refractivity contribution in [3.8, 4) is 17.1 Å². The Labute approximate surface area is 192 Å². The maximum absolute atomic E-state index is 12.5. The van der Waals surface area contributed by atoms with Crippen LogP contribution in [0.25, 0.3) is 11.4 Å². The Morgan fingerprint density at radius 3 is 2.38 bits per heavy atom. The number of carbonyl (C=O) groups excluding carboxylic acids is 2. The zero-order valence-corrected chi connectivity index (χ0v) is 19.4. The maximum atomic E-state index is 12.5. The van der Waals surface area contributed by atoms with Gasteiger partial charge in [-0.2, -0.15) is 0 Å². The highest BCUT2D eigenvalue weighted by Crippen LogP contribution is 2.36. The molecular formula is C20H23N5O5S2. The predicted molar refractivity (Wildman–Crippen MR) is 122 cm³/mol. The lowest BCUT2D eigenvalue weighted by atomic mass is 10.1. The van der Waals surface area contributed by atoms with Crippen molar-refractivity contribution in [2.45, 2.75) is 24.8 Å². The summed E-state index contributed by atoms with van der Waals surface area (Å²) in [6, 6.07) is 7.22. The van der Waals surface area contributed by atoms with Crippen LogP contribution in [0.1, 0.15) is 39.4 Å². The van der Waals surface area contributed by atoms with E-state index < -0.39 is 11.9 Å². The van der Waals surface area contributed by atoms with E-state index in [2.05, 4.69) is 10.2 Å². The van der Waals surface area contributed by atoms with Gasteiger partial charge in [-0.3, -0.25) is 0 Å². The summed E-state index contributed by atoms with van der Waals surface area (Å²) >= 11 is 2.20. The Balaban J connectivity index is 1.89. The molecule has 12 heteroatoms. The second kappa shape index (κ2) is 10.4. The topological polar surface area (TPSA) is 145 Å². The second-order valence-electron chi connectivity index (χ2n) is 6.28. The highest BCUT2D eigenvalue weighted by atomic mass is 32.2. The van der Waals surface area contributed by atoms with Crippen LogP contribution < -0.4 is 16.3 Å². The summed E-state index contributed by atoms with van der Waals surface area (Å²) in [6.07, 6.45) is 0. The van der Waals surface area contributed by atoms with Gasteiger partial charge >= 0.3 is 11.9 Å². The van der Waals surface area contributed by atoms with Gasteiger partial charge in [0.25, 0.3) is 0 Å². The van der Waals surface area contributed by atoms with Crippen LogP contribution in [-0.4, -0.2) is 47.1 Å². The first-order chi connectivity index (χ1) is 15.4. The zero-order valence-electron chi connectivity index (χ0n) is 17.8. The van der Waals surface area contributed by atoms with Gasteiger partial charge in [0.15, 0.2) is 5.82 Å². The van der Waals surface area contributed by atoms with E-state index in [0.29, 0.717) is 22.3 Å². The maximum Gasteiger partial charge on any atom is 0.348 e. The molecular weight excluding hydrogens is 454 g/mol. The third kappa shape index (κ3) is 4.81. The van der Waals surface area contributed by atoms with Crippen molar-refractivity contribution in [3.05, 3.63) is 40.3 Å². The number of ether oxygens (including phenoxy) is 3. The normalized spacial score (nSPS) is 10.7. The van der Waals surface area contributed by atoms with Crippen molar-refractivity contribution in [1.29, 1.82) is 0 Å². The van der Waals surface area contributed by atoms with Crippen LogP contribution in [0.3, 0.4) is 0 Å². The zero-order chi connectivity index (χ0) is 23.3. The fourth-order valence-corrected chi connectivity index (χ4v) is 4.81. The van der Waals surface area contributed by atoms with Gasteiger partial charge in [0.1, 0.15) is 15.6 Å². The van der Waals surface area contributed by atoms with Crippen LogP contribution in [0.5, 0.6) is 5.75 Å². The van der Waals surface area contributed by atoms with Gasteiger partial charge in [-0.1, -0.05) is 11.8 Å². The Hall–Kier alpha value is -3.25. The molecule has 0 bridgehead atoms. The molecule has 0 unspecified atom stereocenters. The average Bonchev–Trinajstić information content (AvgIpc) is 3.32. The van der Waals surface area contributed by atoms with Crippen molar-refractivity contribution in [2.75, 3.05) is 31.9 Å². The van der Waals surface area contributed by atoms with Gasteiger partial charge in [-0.25, -0.2) is 14.3 Å². The molecule has 2 aromatic heterocycles. The number of nitrogen functional groups attached to an aromatic ring is 2. The summed E-state index contributed by atoms with van der Waals surface area (Å²) in [5.74, 6) is 6.40. The highest BCUT2D eigenvalue weighted by molar-refractivity contribution is 7.98. The summed E-state index contributed by atoms with van der Waals surface area (Å²) in [5.41, 5.74) is 7.38. The molecule has 1 aromatic carbocycles. The molecule has 0 fully saturated rings. The van der Waals surface area contributed by atoms with Gasteiger partial charge < -0.3 is 25.8 Å². The van der Waals surface area contributed by atoms with Crippen LogP contribution in [0.15, 0.2) is 29.4 Å². The molecule has 0 radical (unpaired) electrons. The predicted octanol–water partition coefficient (Wildman–Crippen LogP) is 2.96. The average molecular weight is 478 g/mol. The fraction of sp³-hybridized carbons (Fsp3) is 0.300. The number of rotatable bonds is 9. The second-order valence-corrected chi connectivity index (χ2v) is 8.28. The molecule has 0 atom stereocenters. The van der Waals surface area contributed by atoms with Crippen LogP contribution >= 0.6 is 23.1 Å². The molecule has 0 aliphatic rings. The van der Waals surface area contributed by atoms with E-state index in [9.17, 15) is 9.59 Å². The monoisotopic (exact) mass is 477 g/mol. The lowest BCUT2D eigenvalue weighted by Crippen LogP contribution is -2.13. The molecule has 32 heavy (non-hydrogen) atoms. The third-order valence-corrected chi connectivity index (χ3v) is 6.34. The van der Waals surface area contributed by atoms with Gasteiger partial charge in [-0.15, -0.1) is 21.5 Å². The van der Waals surface area contributed by atoms with Crippen LogP contribution in [0.2, 0.25) is 0 Å². The van der Waals surface area contributed by atoms with Gasteiger partial charge in [0.05, 0.1) is 25.9 Å². The van der Waals surface area contributed by atoms with E-state index >= 15 is 0 Å². The number of carbonyl (C=O) groups is 2. The number of hydrogen-bond donors (Lipinski definition) is 2. The molecule has 10 nitrogen and oxygen atoms in total. The van der Waals surface area contributed by atoms with E-state index in [1.165, 1.54) is 16.4 Å². The lowest BCUT2D eigenvalue weighted by Gasteiger charge is -2.08. The fourth-order valence-electron chi connectivity index (χ4n) is 2.86. The van der Waals surface area contributed by atoms with Gasteiger partial charge in [0.2, 0.25) is 5.16 Å². The summed E-state index contributed by atoms with van der Waals surface area (Å²) in [5, 5.41) is 8.88. The number of thiophene rings is 1. The summed E-state index contributed by atoms with van der Waals surface area (Å²) in [4.78, 5) is 25.2. The van der Waals surface area contributed by atoms with Crippen molar-refractivity contribution in [3.63, 3.8) is 0 Å². The van der Waals surface area contributed by atoms with Crippen LogP contribution in [0.4, 0.5) is 5.00 Å². The number of methoxy groups -OCH3 is 1. The van der Waals surface area contributed by atoms with Gasteiger partial charge in [0, 0.05) is 16.9 Å². The molecule has 3 aromatic rings. The highest BCUT2D eigenvalue weighted by Gasteiger charge is 2.28. The quantitative estimate of drug-likeness (QED) is 0.268. The molecule has 0 aliphatic heterocycles. The van der Waals surface area contributed by atoms with E-state index in [0.717, 1.165) is 16.9 Å². The largest absolute Gasteiger partial charge is 0.497 e. The smallest absolute Gasteiger partial charge is 0.348 e. The first kappa shape index (κ1) is 23.4. The van der Waals surface area contributed by atoms with E-state index in [-0.39, 0.29) is 34.4 Å². The Bertz CT molecular complexity index is 1110. The SMILES string of the molecule is CCOC(=O)c1sc(N)c(C(=O)OCC)c1CSc1nnc(-c2ccc(OC)cc2)n1N. The molecule has 2 heterocycles. The summed E-state index contributed by atoms with van der Waals surface area (Å²) in [7, 11) is 1.58. The van der Waals surface area contributed by atoms with Crippen molar-refractivity contribution >= 4 is 40.0 Å². The molecule has 0 spiro atoms. The Morgan fingerprint density at radius 2 is 1.75 bits per heavy atom. The Morgan fingerprint density at radius 1 is 1.09 bits per heavy atom. The Kier molecular flexibility index (Phi) is 7.59. The lowest BCUT2D eigenvalue weighted by molar-refractivity contribution is 0.0527. The number of nitrogens with two attached hydrogens (primary N) is 2. The minimum Gasteiger partial charge on any atom is -0.497 e. The number of benzene rings is 1. The number of esters is 2. The molecule has 0 saturated carbocycles. The number of nitrogens with zero attached hydrogens (tertiary/aromatic N) is 3. The van der Waals surface area contributed by atoms with Gasteiger partial charge in [-0.05, 0) is 38.1 Å². The number of anilines is 1. The van der Waals surface area contributed by atoms with E-state index in [1.807, 2.05) is 12.1 Å². The molecule has 4 N–H and O–H groups in total. The number of aromatic nitrogens is 3. The molecule has 3 rings (SSSR count). The molecule has 0 saturated heterocycles. The minimum absolute atomic E-state index is 0.158. The van der Waals surface area contributed by atoms with E-state index in [1.54, 1.807) is 33.1 Å². The van der Waals surface area contributed by atoms with Crippen molar-refractivity contribution in [2.24, 2.45) is 0 Å². The van der Waals surface area contributed by atoms with Crippen LogP contribution in [-0.2, 0) is 15.2 Å². The van der Waals surface area contributed by atoms with Crippen LogP contribution in [0, 0.1) is 0 Å². The number of thioether (sulfide) groups is 1. The van der Waals surface area contributed by atoms with Crippen molar-refractivity contribution < 1.29 is 23.8 Å². The first-order valence-electron chi connectivity index (χ1n) is 9.64. The minimum atomic E-state index is -0.597. The van der Waals surface area contributed by atoms with E-state index in [4.69, 9.17) is 25.8 Å². The van der Waals surface area contributed by atoms with Crippen molar-refractivity contribution in [1.82, 2.24) is 14.9 Å². The summed E-state index contributed by atoms with van der Waals surface area (Å²) < 4.78 is 16.7. The first-order valence-corrected chi connectivity index (χ1v) is 11.4. The molecule has 0 amide bonds. The summed E-state index contributed by atoms with van der Waals surface area (Å²) in [6.45, 7) is 3.77.